The van der Waals surface area contributed by atoms with Crippen LogP contribution in [0.25, 0.3) is 0 Å². The van der Waals surface area contributed by atoms with E-state index in [0.29, 0.717) is 22.8 Å². The van der Waals surface area contributed by atoms with Gasteiger partial charge in [-0.3, -0.25) is 0 Å². The second-order valence-electron chi connectivity index (χ2n) is 7.15. The number of hydrogen-bond acceptors (Lipinski definition) is 9. The van der Waals surface area contributed by atoms with Gasteiger partial charge in [0.05, 0.1) is 22.1 Å². The summed E-state index contributed by atoms with van der Waals surface area (Å²) in [6, 6.07) is 8.08. The molecule has 10 heteroatoms. The molecule has 1 aliphatic heterocycles. The van der Waals surface area contributed by atoms with Crippen molar-refractivity contribution in [2.24, 2.45) is 5.16 Å². The molecule has 1 aliphatic rings. The number of benzene rings is 1. The van der Waals surface area contributed by atoms with Gasteiger partial charge in [0.2, 0.25) is 20.8 Å². The van der Waals surface area contributed by atoms with Crippen LogP contribution in [0.1, 0.15) is 38.1 Å². The molecular weight excluding hydrogens is 414 g/mol. The summed E-state index contributed by atoms with van der Waals surface area (Å²) in [4.78, 5) is 9.77. The Hall–Kier alpha value is -2.32. The second kappa shape index (κ2) is 7.84. The Balaban J connectivity index is 1.82. The molecule has 1 aromatic heterocycles. The molecule has 1 atom stereocenters. The van der Waals surface area contributed by atoms with E-state index in [2.05, 4.69) is 10.1 Å². The van der Waals surface area contributed by atoms with Crippen LogP contribution in [0.3, 0.4) is 0 Å². The van der Waals surface area contributed by atoms with Gasteiger partial charge in [-0.15, -0.1) is 11.3 Å². The van der Waals surface area contributed by atoms with Crippen molar-refractivity contribution in [1.29, 1.82) is 5.26 Å². The smallest absolute Gasteiger partial charge is 0.233 e. The van der Waals surface area contributed by atoms with Gasteiger partial charge in [0.1, 0.15) is 11.7 Å². The zero-order chi connectivity index (χ0) is 21.3. The number of thiazole rings is 1. The van der Waals surface area contributed by atoms with Gasteiger partial charge >= 0.3 is 0 Å². The lowest BCUT2D eigenvalue weighted by molar-refractivity contribution is -0.158. The molecule has 1 aromatic carbocycles. The summed E-state index contributed by atoms with van der Waals surface area (Å²) in [5, 5.41) is 12.3. The molecule has 0 radical (unpaired) electrons. The predicted octanol–water partition coefficient (Wildman–Crippen LogP) is 3.24. The number of aromatic nitrogens is 1. The maximum absolute atomic E-state index is 13.0. The first-order valence-corrected chi connectivity index (χ1v) is 11.1. The van der Waals surface area contributed by atoms with Crippen LogP contribution in [0, 0.1) is 11.3 Å². The van der Waals surface area contributed by atoms with Crippen LogP contribution in [0.2, 0.25) is 0 Å². The van der Waals surface area contributed by atoms with Crippen molar-refractivity contribution in [3.63, 3.8) is 0 Å². The fourth-order valence-electron chi connectivity index (χ4n) is 2.85. The zero-order valence-electron chi connectivity index (χ0n) is 16.5. The molecule has 1 saturated heterocycles. The molecule has 8 nitrogen and oxygen atoms in total. The lowest BCUT2D eigenvalue weighted by Crippen LogP contribution is -2.27. The molecule has 2 aromatic rings. The zero-order valence-corrected chi connectivity index (χ0v) is 18.1. The maximum Gasteiger partial charge on any atom is 0.233 e. The molecular formula is C19H21N3O5S2. The number of rotatable bonds is 6. The van der Waals surface area contributed by atoms with Crippen LogP contribution in [-0.2, 0) is 29.7 Å². The topological polar surface area (TPSA) is 111 Å². The van der Waals surface area contributed by atoms with Gasteiger partial charge in [0.15, 0.2) is 5.79 Å². The number of nitriles is 1. The van der Waals surface area contributed by atoms with E-state index in [1.54, 1.807) is 19.1 Å². The molecule has 0 bridgehead atoms. The van der Waals surface area contributed by atoms with Crippen molar-refractivity contribution in [3.8, 4) is 6.07 Å². The van der Waals surface area contributed by atoms with Crippen molar-refractivity contribution in [1.82, 2.24) is 4.98 Å². The molecule has 0 amide bonds. The van der Waals surface area contributed by atoms with Gasteiger partial charge in [-0.2, -0.15) is 5.26 Å². The minimum Gasteiger partial charge on any atom is -0.380 e. The molecule has 0 N–H and O–H groups in total. The highest BCUT2D eigenvalue weighted by atomic mass is 32.2. The molecule has 2 heterocycles. The molecule has 154 valence electrons. The number of oxime groups is 1. The normalized spacial score (nSPS) is 21.7. The van der Waals surface area contributed by atoms with Crippen LogP contribution in [0.5, 0.6) is 0 Å². The largest absolute Gasteiger partial charge is 0.380 e. The third-order valence-corrected chi connectivity index (χ3v) is 7.72. The Morgan fingerprint density at radius 2 is 2.03 bits per heavy atom. The SMILES string of the molecule is C/C(=N\OCC#N)c1ccc(S(=O)(=O)c2ncc([C@@]3(C)COC(C)(C)O3)s2)cc1. The fourth-order valence-corrected chi connectivity index (χ4v) is 5.45. The molecule has 0 unspecified atom stereocenters. The van der Waals surface area contributed by atoms with E-state index in [1.807, 2.05) is 26.8 Å². The highest BCUT2D eigenvalue weighted by Gasteiger charge is 2.45. The van der Waals surface area contributed by atoms with Crippen LogP contribution >= 0.6 is 11.3 Å². The van der Waals surface area contributed by atoms with Crippen molar-refractivity contribution < 1.29 is 22.7 Å². The first kappa shape index (κ1) is 21.4. The van der Waals surface area contributed by atoms with Crippen LogP contribution in [0.4, 0.5) is 0 Å². The van der Waals surface area contributed by atoms with Crippen molar-refractivity contribution in [2.75, 3.05) is 13.2 Å². The highest BCUT2D eigenvalue weighted by Crippen LogP contribution is 2.41. The van der Waals surface area contributed by atoms with E-state index in [0.717, 1.165) is 11.3 Å². The Morgan fingerprint density at radius 3 is 2.62 bits per heavy atom. The number of sulfone groups is 1. The summed E-state index contributed by atoms with van der Waals surface area (Å²) in [5.74, 6) is -0.732. The van der Waals surface area contributed by atoms with Gasteiger partial charge in [0, 0.05) is 6.20 Å². The number of nitrogens with zero attached hydrogens (tertiary/aromatic N) is 3. The van der Waals surface area contributed by atoms with E-state index >= 15 is 0 Å². The Labute approximate surface area is 173 Å². The lowest BCUT2D eigenvalue weighted by atomic mass is 10.1. The summed E-state index contributed by atoms with van der Waals surface area (Å²) < 4.78 is 37.5. The molecule has 0 saturated carbocycles. The van der Waals surface area contributed by atoms with Gasteiger partial charge in [-0.25, -0.2) is 13.4 Å². The monoisotopic (exact) mass is 435 g/mol. The summed E-state index contributed by atoms with van der Waals surface area (Å²) in [7, 11) is -3.77. The first-order chi connectivity index (χ1) is 13.6. The Bertz CT molecular complexity index is 1070. The summed E-state index contributed by atoms with van der Waals surface area (Å²) >= 11 is 1.08. The van der Waals surface area contributed by atoms with Crippen molar-refractivity contribution >= 4 is 26.9 Å². The van der Waals surface area contributed by atoms with Gasteiger partial charge < -0.3 is 14.3 Å². The number of hydrogen-bond donors (Lipinski definition) is 0. The van der Waals surface area contributed by atoms with Gasteiger partial charge in [0.25, 0.3) is 0 Å². The average molecular weight is 436 g/mol. The minimum absolute atomic E-state index is 0.00229. The molecule has 1 fully saturated rings. The third kappa shape index (κ3) is 4.48. The highest BCUT2D eigenvalue weighted by molar-refractivity contribution is 7.93. The summed E-state index contributed by atoms with van der Waals surface area (Å²) in [6.45, 7) is 7.37. The van der Waals surface area contributed by atoms with E-state index in [4.69, 9.17) is 19.6 Å². The first-order valence-electron chi connectivity index (χ1n) is 8.77. The number of ether oxygens (including phenoxy) is 2. The van der Waals surface area contributed by atoms with Crippen LogP contribution in [0.15, 0.2) is 44.9 Å². The van der Waals surface area contributed by atoms with Gasteiger partial charge in [-0.05, 0) is 45.4 Å². The maximum atomic E-state index is 13.0. The summed E-state index contributed by atoms with van der Waals surface area (Å²) in [5.41, 5.74) is 0.484. The van der Waals surface area contributed by atoms with Crippen molar-refractivity contribution in [3.05, 3.63) is 40.9 Å². The summed E-state index contributed by atoms with van der Waals surface area (Å²) in [6.07, 6.45) is 1.53. The van der Waals surface area contributed by atoms with E-state index in [-0.39, 0.29) is 15.8 Å². The molecule has 0 aliphatic carbocycles. The second-order valence-corrected chi connectivity index (χ2v) is 10.3. The minimum atomic E-state index is -3.77. The Kier molecular flexibility index (Phi) is 5.78. The molecule has 29 heavy (non-hydrogen) atoms. The standard InChI is InChI=1S/C19H21N3O5S2/c1-13(22-26-10-9-20)14-5-7-15(8-6-14)29(23,24)17-21-11-16(28-17)19(4)12-25-18(2,3)27-19/h5-8,11H,10,12H2,1-4H3/b22-13+/t19-/m1/s1. The predicted molar refractivity (Wildman–Crippen MR) is 106 cm³/mol. The van der Waals surface area contributed by atoms with E-state index in [9.17, 15) is 8.42 Å². The Morgan fingerprint density at radius 1 is 1.34 bits per heavy atom. The van der Waals surface area contributed by atoms with Crippen LogP contribution in [-0.4, -0.2) is 38.1 Å². The van der Waals surface area contributed by atoms with E-state index < -0.39 is 21.2 Å². The fraction of sp³-hybridized carbons (Fsp3) is 0.421. The average Bonchev–Trinajstić information content (AvgIpc) is 3.28. The van der Waals surface area contributed by atoms with Gasteiger partial charge in [-0.1, -0.05) is 17.3 Å². The molecule has 3 rings (SSSR count). The third-order valence-electron chi connectivity index (χ3n) is 4.31. The quantitative estimate of drug-likeness (QED) is 0.389. The van der Waals surface area contributed by atoms with Crippen molar-refractivity contribution in [2.45, 2.75) is 48.3 Å². The molecule has 0 spiro atoms. The van der Waals surface area contributed by atoms with E-state index in [1.165, 1.54) is 18.3 Å². The van der Waals surface area contributed by atoms with Crippen LogP contribution < -0.4 is 0 Å². The lowest BCUT2D eigenvalue weighted by Gasteiger charge is -2.23.